The first-order chi connectivity index (χ1) is 8.18. The van der Waals surface area contributed by atoms with Crippen molar-refractivity contribution in [2.24, 2.45) is 5.92 Å². The molecule has 1 N–H and O–H groups in total. The van der Waals surface area contributed by atoms with Gasteiger partial charge in [0.05, 0.1) is 5.56 Å². The van der Waals surface area contributed by atoms with Crippen molar-refractivity contribution in [1.82, 2.24) is 10.2 Å². The number of hydrogen-bond donors (Lipinski definition) is 1. The largest absolute Gasteiger partial charge is 0.341 e. The number of nitrogens with zero attached hydrogens (tertiary/aromatic N) is 1. The van der Waals surface area contributed by atoms with Gasteiger partial charge in [-0.3, -0.25) is 4.79 Å². The van der Waals surface area contributed by atoms with Gasteiger partial charge in [-0.25, -0.2) is 0 Å². The van der Waals surface area contributed by atoms with Crippen LogP contribution in [-0.2, 0) is 0 Å². The zero-order chi connectivity index (χ0) is 12.3. The molecule has 1 atom stereocenters. The molecular formula is C13H20N2OS. The Balaban J connectivity index is 1.93. The molecule has 17 heavy (non-hydrogen) atoms. The Morgan fingerprint density at radius 1 is 1.59 bits per heavy atom. The van der Waals surface area contributed by atoms with Crippen molar-refractivity contribution >= 4 is 17.2 Å². The normalized spacial score (nSPS) is 20.2. The Kier molecular flexibility index (Phi) is 4.18. The lowest BCUT2D eigenvalue weighted by molar-refractivity contribution is 0.0764. The smallest absolute Gasteiger partial charge is 0.254 e. The van der Waals surface area contributed by atoms with Crippen molar-refractivity contribution in [1.29, 1.82) is 0 Å². The number of amides is 1. The number of piperidine rings is 1. The average molecular weight is 252 g/mol. The minimum Gasteiger partial charge on any atom is -0.341 e. The molecule has 0 bridgehead atoms. The minimum absolute atomic E-state index is 0.161. The van der Waals surface area contributed by atoms with Crippen LogP contribution in [0.25, 0.3) is 0 Å². The first kappa shape index (κ1) is 12.6. The van der Waals surface area contributed by atoms with E-state index in [0.29, 0.717) is 5.92 Å². The van der Waals surface area contributed by atoms with Crippen LogP contribution in [0.5, 0.6) is 0 Å². The van der Waals surface area contributed by atoms with Gasteiger partial charge in [0.2, 0.25) is 0 Å². The third-order valence-electron chi connectivity index (χ3n) is 3.36. The van der Waals surface area contributed by atoms with E-state index < -0.39 is 0 Å². The monoisotopic (exact) mass is 252 g/mol. The predicted molar refractivity (Wildman–Crippen MR) is 71.6 cm³/mol. The SMILES string of the molecule is Cc1cscc1C(=O)N(C)CC1CCCNC1. The quantitative estimate of drug-likeness (QED) is 0.894. The van der Waals surface area contributed by atoms with Gasteiger partial charge in [0.1, 0.15) is 0 Å². The molecule has 0 spiro atoms. The van der Waals surface area contributed by atoms with Crippen LogP contribution in [-0.4, -0.2) is 37.5 Å². The maximum absolute atomic E-state index is 12.2. The van der Waals surface area contributed by atoms with Crippen molar-refractivity contribution in [3.63, 3.8) is 0 Å². The van der Waals surface area contributed by atoms with Crippen LogP contribution in [0.4, 0.5) is 0 Å². The van der Waals surface area contributed by atoms with E-state index in [-0.39, 0.29) is 5.91 Å². The lowest BCUT2D eigenvalue weighted by atomic mass is 9.99. The topological polar surface area (TPSA) is 32.3 Å². The fourth-order valence-electron chi connectivity index (χ4n) is 2.34. The van der Waals surface area contributed by atoms with Gasteiger partial charge in [-0.15, -0.1) is 0 Å². The van der Waals surface area contributed by atoms with E-state index >= 15 is 0 Å². The maximum atomic E-state index is 12.2. The Hall–Kier alpha value is -0.870. The van der Waals surface area contributed by atoms with Crippen LogP contribution < -0.4 is 5.32 Å². The third-order valence-corrected chi connectivity index (χ3v) is 4.23. The molecule has 1 aromatic rings. The fourth-order valence-corrected chi connectivity index (χ4v) is 3.16. The second kappa shape index (κ2) is 5.65. The Morgan fingerprint density at radius 2 is 2.41 bits per heavy atom. The summed E-state index contributed by atoms with van der Waals surface area (Å²) in [6.45, 7) is 5.03. The van der Waals surface area contributed by atoms with E-state index in [1.807, 2.05) is 29.6 Å². The van der Waals surface area contributed by atoms with Crippen molar-refractivity contribution in [2.45, 2.75) is 19.8 Å². The number of carbonyl (C=O) groups excluding carboxylic acids is 1. The van der Waals surface area contributed by atoms with Gasteiger partial charge in [0.15, 0.2) is 0 Å². The standard InChI is InChI=1S/C13H20N2OS/c1-10-8-17-9-12(10)13(16)15(2)7-11-4-3-5-14-6-11/h8-9,11,14H,3-7H2,1-2H3. The minimum atomic E-state index is 0.161. The summed E-state index contributed by atoms with van der Waals surface area (Å²) >= 11 is 1.60. The highest BCUT2D eigenvalue weighted by molar-refractivity contribution is 7.08. The van der Waals surface area contributed by atoms with Crippen LogP contribution >= 0.6 is 11.3 Å². The van der Waals surface area contributed by atoms with Gasteiger partial charge in [-0.1, -0.05) is 0 Å². The molecule has 1 fully saturated rings. The Morgan fingerprint density at radius 3 is 3.00 bits per heavy atom. The molecule has 2 heterocycles. The van der Waals surface area contributed by atoms with Gasteiger partial charge in [-0.05, 0) is 49.7 Å². The second-order valence-corrected chi connectivity index (χ2v) is 5.61. The summed E-state index contributed by atoms with van der Waals surface area (Å²) in [5.74, 6) is 0.769. The number of nitrogens with one attached hydrogen (secondary N) is 1. The van der Waals surface area contributed by atoms with E-state index in [4.69, 9.17) is 0 Å². The molecule has 1 aliphatic heterocycles. The summed E-state index contributed by atoms with van der Waals surface area (Å²) in [5, 5.41) is 7.37. The zero-order valence-corrected chi connectivity index (χ0v) is 11.3. The van der Waals surface area contributed by atoms with Crippen LogP contribution in [0.1, 0.15) is 28.8 Å². The first-order valence-corrected chi connectivity index (χ1v) is 7.11. The molecule has 0 aliphatic carbocycles. The molecule has 3 nitrogen and oxygen atoms in total. The van der Waals surface area contributed by atoms with Crippen LogP contribution in [0.3, 0.4) is 0 Å². The van der Waals surface area contributed by atoms with E-state index in [1.165, 1.54) is 12.8 Å². The number of aryl methyl sites for hydroxylation is 1. The van der Waals surface area contributed by atoms with Gasteiger partial charge < -0.3 is 10.2 Å². The number of hydrogen-bond acceptors (Lipinski definition) is 3. The molecule has 1 aliphatic rings. The summed E-state index contributed by atoms with van der Waals surface area (Å²) in [4.78, 5) is 14.1. The van der Waals surface area contributed by atoms with Crippen molar-refractivity contribution < 1.29 is 4.79 Å². The van der Waals surface area contributed by atoms with Crippen molar-refractivity contribution in [3.8, 4) is 0 Å². The van der Waals surface area contributed by atoms with Gasteiger partial charge >= 0.3 is 0 Å². The Labute approximate surface area is 107 Å². The average Bonchev–Trinajstić information content (AvgIpc) is 2.76. The van der Waals surface area contributed by atoms with Crippen molar-refractivity contribution in [3.05, 3.63) is 21.9 Å². The third kappa shape index (κ3) is 3.07. The fraction of sp³-hybridized carbons (Fsp3) is 0.615. The van der Waals surface area contributed by atoms with Crippen molar-refractivity contribution in [2.75, 3.05) is 26.7 Å². The number of rotatable bonds is 3. The van der Waals surface area contributed by atoms with E-state index in [2.05, 4.69) is 5.32 Å². The molecule has 1 amide bonds. The van der Waals surface area contributed by atoms with E-state index in [9.17, 15) is 4.79 Å². The van der Waals surface area contributed by atoms with Gasteiger partial charge in [0, 0.05) is 19.0 Å². The number of thiophene rings is 1. The van der Waals surface area contributed by atoms with E-state index in [0.717, 1.165) is 30.8 Å². The molecule has 1 saturated heterocycles. The van der Waals surface area contributed by atoms with Gasteiger partial charge in [-0.2, -0.15) is 11.3 Å². The maximum Gasteiger partial charge on any atom is 0.254 e. The zero-order valence-electron chi connectivity index (χ0n) is 10.5. The molecular weight excluding hydrogens is 232 g/mol. The molecule has 1 unspecified atom stereocenters. The highest BCUT2D eigenvalue weighted by Crippen LogP contribution is 2.17. The molecule has 94 valence electrons. The highest BCUT2D eigenvalue weighted by atomic mass is 32.1. The molecule has 1 aromatic heterocycles. The summed E-state index contributed by atoms with van der Waals surface area (Å²) in [6, 6.07) is 0. The molecule has 0 aromatic carbocycles. The Bertz CT molecular complexity index is 383. The van der Waals surface area contributed by atoms with E-state index in [1.54, 1.807) is 11.3 Å². The molecule has 4 heteroatoms. The lowest BCUT2D eigenvalue weighted by Gasteiger charge is -2.27. The van der Waals surface area contributed by atoms with Crippen LogP contribution in [0.15, 0.2) is 10.8 Å². The summed E-state index contributed by atoms with van der Waals surface area (Å²) < 4.78 is 0. The lowest BCUT2D eigenvalue weighted by Crippen LogP contribution is -2.39. The van der Waals surface area contributed by atoms with Crippen LogP contribution in [0.2, 0.25) is 0 Å². The number of carbonyl (C=O) groups is 1. The molecule has 0 saturated carbocycles. The predicted octanol–water partition coefficient (Wildman–Crippen LogP) is 2.13. The van der Waals surface area contributed by atoms with Crippen LogP contribution in [0, 0.1) is 12.8 Å². The van der Waals surface area contributed by atoms with Gasteiger partial charge in [0.25, 0.3) is 5.91 Å². The highest BCUT2D eigenvalue weighted by Gasteiger charge is 2.20. The first-order valence-electron chi connectivity index (χ1n) is 6.17. The molecule has 2 rings (SSSR count). The molecule has 0 radical (unpaired) electrons. The summed E-state index contributed by atoms with van der Waals surface area (Å²) in [6.07, 6.45) is 2.46. The summed E-state index contributed by atoms with van der Waals surface area (Å²) in [5.41, 5.74) is 1.95. The summed E-state index contributed by atoms with van der Waals surface area (Å²) in [7, 11) is 1.91. The second-order valence-electron chi connectivity index (χ2n) is 4.87.